The van der Waals surface area contributed by atoms with Gasteiger partial charge in [0.15, 0.2) is 17.3 Å². The van der Waals surface area contributed by atoms with Crippen LogP contribution < -0.4 is 4.90 Å². The molecule has 3 heterocycles. The molecule has 0 radical (unpaired) electrons. The topological polar surface area (TPSA) is 53.7 Å². The Morgan fingerprint density at radius 1 is 0.923 bits per heavy atom. The number of guanidine groups is 1. The predicted molar refractivity (Wildman–Crippen MR) is 149 cm³/mol. The van der Waals surface area contributed by atoms with E-state index in [0.29, 0.717) is 36.4 Å². The minimum atomic E-state index is -0.910. The molecule has 3 aromatic carbocycles. The second kappa shape index (κ2) is 9.76. The number of benzene rings is 3. The number of halogens is 2. The fraction of sp³-hybridized carbons (Fsp3) is 0.258. The Balaban J connectivity index is 1.52. The van der Waals surface area contributed by atoms with Crippen molar-refractivity contribution in [1.29, 1.82) is 0 Å². The SMILES string of the molecule is CCN1C(=O)c2nc(-c3ccc(-c4ccccc4)cc3)n(Cc3cccc(F)c3F)c2N2C[C@@H](C(C)C)N=C12. The van der Waals surface area contributed by atoms with Crippen LogP contribution in [0.25, 0.3) is 22.5 Å². The van der Waals surface area contributed by atoms with Crippen LogP contribution in [-0.2, 0) is 6.54 Å². The molecule has 0 saturated heterocycles. The summed E-state index contributed by atoms with van der Waals surface area (Å²) in [4.78, 5) is 27.1. The molecule has 6 nitrogen and oxygen atoms in total. The molecule has 4 aromatic rings. The number of carbonyl (C=O) groups excluding carboxylic acids is 1. The van der Waals surface area contributed by atoms with E-state index in [4.69, 9.17) is 9.98 Å². The maximum atomic E-state index is 14.9. The molecule has 0 N–H and O–H groups in total. The monoisotopic (exact) mass is 525 g/mol. The van der Waals surface area contributed by atoms with Gasteiger partial charge in [0, 0.05) is 17.7 Å². The summed E-state index contributed by atoms with van der Waals surface area (Å²) in [6.45, 7) is 7.15. The third-order valence-corrected chi connectivity index (χ3v) is 7.47. The number of fused-ring (bicyclic) bond motifs is 3. The van der Waals surface area contributed by atoms with Crippen LogP contribution >= 0.6 is 0 Å². The van der Waals surface area contributed by atoms with Gasteiger partial charge in [0.2, 0.25) is 5.96 Å². The summed E-state index contributed by atoms with van der Waals surface area (Å²) in [5.74, 6) is -0.125. The fourth-order valence-corrected chi connectivity index (χ4v) is 5.30. The van der Waals surface area contributed by atoms with E-state index in [0.717, 1.165) is 22.8 Å². The minimum Gasteiger partial charge on any atom is -0.305 e. The lowest BCUT2D eigenvalue weighted by molar-refractivity contribution is 0.0841. The quantitative estimate of drug-likeness (QED) is 0.300. The second-order valence-corrected chi connectivity index (χ2v) is 10.3. The first-order valence-electron chi connectivity index (χ1n) is 13.2. The molecule has 0 spiro atoms. The van der Waals surface area contributed by atoms with E-state index >= 15 is 0 Å². The molecule has 2 aliphatic rings. The summed E-state index contributed by atoms with van der Waals surface area (Å²) in [5.41, 5.74) is 3.37. The van der Waals surface area contributed by atoms with Crippen molar-refractivity contribution >= 4 is 17.7 Å². The van der Waals surface area contributed by atoms with Crippen molar-refractivity contribution in [3.63, 3.8) is 0 Å². The molecule has 0 aliphatic carbocycles. The van der Waals surface area contributed by atoms with Gasteiger partial charge >= 0.3 is 0 Å². The number of aromatic nitrogens is 2. The summed E-state index contributed by atoms with van der Waals surface area (Å²) in [7, 11) is 0. The van der Waals surface area contributed by atoms with E-state index in [1.165, 1.54) is 6.07 Å². The molecule has 0 fully saturated rings. The first-order chi connectivity index (χ1) is 18.9. The number of anilines is 1. The summed E-state index contributed by atoms with van der Waals surface area (Å²) < 4.78 is 30.9. The van der Waals surface area contributed by atoms with E-state index < -0.39 is 11.6 Å². The maximum absolute atomic E-state index is 14.9. The van der Waals surface area contributed by atoms with Crippen LogP contribution in [-0.4, -0.2) is 45.4 Å². The molecule has 0 bridgehead atoms. The first kappa shape index (κ1) is 25.0. The fourth-order valence-electron chi connectivity index (χ4n) is 5.30. The van der Waals surface area contributed by atoms with Gasteiger partial charge in [0.05, 0.1) is 19.1 Å². The summed E-state index contributed by atoms with van der Waals surface area (Å²) in [6.07, 6.45) is 0. The zero-order valence-electron chi connectivity index (χ0n) is 22.1. The molecule has 198 valence electrons. The molecule has 6 rings (SSSR count). The first-order valence-corrected chi connectivity index (χ1v) is 13.2. The highest BCUT2D eigenvalue weighted by atomic mass is 19.2. The molecule has 1 atom stereocenters. The number of aliphatic imine (C=N–C) groups is 1. The molecule has 0 saturated carbocycles. The molecular formula is C31H29F2N5O. The van der Waals surface area contributed by atoms with Crippen LogP contribution in [0.15, 0.2) is 77.8 Å². The summed E-state index contributed by atoms with van der Waals surface area (Å²) >= 11 is 0. The molecule has 8 heteroatoms. The Morgan fingerprint density at radius 3 is 2.31 bits per heavy atom. The Labute approximate surface area is 226 Å². The van der Waals surface area contributed by atoms with Gasteiger partial charge < -0.3 is 4.57 Å². The third-order valence-electron chi connectivity index (χ3n) is 7.47. The Hall–Kier alpha value is -4.33. The lowest BCUT2D eigenvalue weighted by Gasteiger charge is -2.33. The standard InChI is InChI=1S/C31H29F2N5O/c1-4-36-30(39)27-29(38-18-25(19(2)3)34-31(36)38)37(17-23-11-8-12-24(32)26(23)33)28(35-27)22-15-13-21(14-16-22)20-9-6-5-7-10-20/h5-16,19,25H,4,17-18H2,1-3H3/t25-/m0/s1. The lowest BCUT2D eigenvalue weighted by Crippen LogP contribution is -2.50. The number of hydrogen-bond donors (Lipinski definition) is 0. The predicted octanol–water partition coefficient (Wildman–Crippen LogP) is 6.22. The highest BCUT2D eigenvalue weighted by Crippen LogP contribution is 2.38. The smallest absolute Gasteiger partial charge is 0.283 e. The van der Waals surface area contributed by atoms with Crippen molar-refractivity contribution in [3.05, 3.63) is 95.7 Å². The van der Waals surface area contributed by atoms with E-state index in [1.54, 1.807) is 11.0 Å². The van der Waals surface area contributed by atoms with Gasteiger partial charge in [0.25, 0.3) is 5.91 Å². The Morgan fingerprint density at radius 2 is 1.62 bits per heavy atom. The van der Waals surface area contributed by atoms with Crippen LogP contribution in [0.4, 0.5) is 14.6 Å². The van der Waals surface area contributed by atoms with E-state index in [-0.39, 0.29) is 30.0 Å². The average molecular weight is 526 g/mol. The van der Waals surface area contributed by atoms with Crippen molar-refractivity contribution in [3.8, 4) is 22.5 Å². The Kier molecular flexibility index (Phi) is 6.25. The van der Waals surface area contributed by atoms with Gasteiger partial charge in [-0.15, -0.1) is 0 Å². The third kappa shape index (κ3) is 4.20. The van der Waals surface area contributed by atoms with Crippen LogP contribution in [0.2, 0.25) is 0 Å². The van der Waals surface area contributed by atoms with Crippen LogP contribution in [0, 0.1) is 17.6 Å². The molecule has 39 heavy (non-hydrogen) atoms. The lowest BCUT2D eigenvalue weighted by atomic mass is 10.0. The molecule has 1 amide bonds. The van der Waals surface area contributed by atoms with E-state index in [1.807, 2.05) is 71.0 Å². The number of hydrogen-bond acceptors (Lipinski definition) is 4. The van der Waals surface area contributed by atoms with Crippen molar-refractivity contribution in [2.75, 3.05) is 18.0 Å². The molecular weight excluding hydrogens is 496 g/mol. The average Bonchev–Trinajstić information content (AvgIpc) is 3.55. The van der Waals surface area contributed by atoms with E-state index in [2.05, 4.69) is 13.8 Å². The maximum Gasteiger partial charge on any atom is 0.283 e. The minimum absolute atomic E-state index is 0.00402. The van der Waals surface area contributed by atoms with Gasteiger partial charge in [-0.25, -0.2) is 18.8 Å². The Bertz CT molecular complexity index is 1580. The summed E-state index contributed by atoms with van der Waals surface area (Å²) in [5, 5.41) is 0. The number of carbonyl (C=O) groups is 1. The normalized spacial score (nSPS) is 16.5. The number of rotatable bonds is 6. The van der Waals surface area contributed by atoms with Gasteiger partial charge in [-0.05, 0) is 30.0 Å². The number of nitrogens with zero attached hydrogens (tertiary/aromatic N) is 5. The van der Waals surface area contributed by atoms with Crippen molar-refractivity contribution in [2.24, 2.45) is 10.9 Å². The van der Waals surface area contributed by atoms with Crippen LogP contribution in [0.1, 0.15) is 36.8 Å². The summed E-state index contributed by atoms with van der Waals surface area (Å²) in [6, 6.07) is 22.1. The zero-order chi connectivity index (χ0) is 27.3. The van der Waals surface area contributed by atoms with Gasteiger partial charge in [-0.1, -0.05) is 80.6 Å². The van der Waals surface area contributed by atoms with E-state index in [9.17, 15) is 13.6 Å². The highest BCUT2D eigenvalue weighted by molar-refractivity contribution is 6.18. The van der Waals surface area contributed by atoms with Gasteiger partial charge in [0.1, 0.15) is 11.6 Å². The largest absolute Gasteiger partial charge is 0.305 e. The highest BCUT2D eigenvalue weighted by Gasteiger charge is 2.44. The van der Waals surface area contributed by atoms with Gasteiger partial charge in [-0.3, -0.25) is 14.6 Å². The van der Waals surface area contributed by atoms with Crippen molar-refractivity contribution in [1.82, 2.24) is 14.5 Å². The molecule has 2 aliphatic heterocycles. The number of imidazole rings is 1. The zero-order valence-corrected chi connectivity index (χ0v) is 22.1. The van der Waals surface area contributed by atoms with Crippen LogP contribution in [0.3, 0.4) is 0 Å². The second-order valence-electron chi connectivity index (χ2n) is 10.3. The van der Waals surface area contributed by atoms with Crippen LogP contribution in [0.5, 0.6) is 0 Å². The van der Waals surface area contributed by atoms with Gasteiger partial charge in [-0.2, -0.15) is 0 Å². The molecule has 1 aromatic heterocycles. The number of amides is 1. The van der Waals surface area contributed by atoms with Crippen molar-refractivity contribution in [2.45, 2.75) is 33.4 Å². The molecule has 0 unspecified atom stereocenters. The van der Waals surface area contributed by atoms with Crippen molar-refractivity contribution < 1.29 is 13.6 Å².